The Morgan fingerprint density at radius 2 is 1.67 bits per heavy atom. The molecule has 3 atom stereocenters. The van der Waals surface area contributed by atoms with Crippen LogP contribution in [0.15, 0.2) is 0 Å². The van der Waals surface area contributed by atoms with E-state index in [1.807, 2.05) is 5.32 Å². The summed E-state index contributed by atoms with van der Waals surface area (Å²) < 4.78 is -2.23. The van der Waals surface area contributed by atoms with E-state index in [0.29, 0.717) is 0 Å². The molecular formula is C8H12Cl3NO6. The Balaban J connectivity index is 4.29. The van der Waals surface area contributed by atoms with Crippen LogP contribution >= 0.6 is 34.8 Å². The van der Waals surface area contributed by atoms with Crippen molar-refractivity contribution in [1.82, 2.24) is 5.32 Å². The van der Waals surface area contributed by atoms with Crippen molar-refractivity contribution in [2.45, 2.75) is 22.1 Å². The van der Waals surface area contributed by atoms with Crippen molar-refractivity contribution in [2.24, 2.45) is 0 Å². The summed E-state index contributed by atoms with van der Waals surface area (Å²) >= 11 is 15.7. The quantitative estimate of drug-likeness (QED) is 0.364. The molecule has 0 aliphatic carbocycles. The lowest BCUT2D eigenvalue weighted by atomic mass is 10.0. The Morgan fingerprint density at radius 1 is 1.17 bits per heavy atom. The minimum absolute atomic E-state index is 0.552. The summed E-state index contributed by atoms with van der Waals surface area (Å²) in [5.74, 6) is -2.11. The Bertz CT molecular complexity index is 308. The molecule has 0 saturated heterocycles. The number of alkyl halides is 3. The Morgan fingerprint density at radius 3 is 2.06 bits per heavy atom. The van der Waals surface area contributed by atoms with Crippen molar-refractivity contribution in [3.63, 3.8) is 0 Å². The average molecular weight is 325 g/mol. The molecule has 0 rings (SSSR count). The summed E-state index contributed by atoms with van der Waals surface area (Å²) in [6, 6.07) is 0. The average Bonchev–Trinajstić information content (AvgIpc) is 2.31. The number of halogens is 3. The lowest BCUT2D eigenvalue weighted by molar-refractivity contribution is -0.141. The fourth-order valence-electron chi connectivity index (χ4n) is 0.913. The summed E-state index contributed by atoms with van der Waals surface area (Å²) in [4.78, 5) is 21.9. The molecule has 1 amide bonds. The zero-order chi connectivity index (χ0) is 14.5. The highest BCUT2D eigenvalue weighted by molar-refractivity contribution is 6.76. The molecule has 0 aromatic heterocycles. The topological polar surface area (TPSA) is 127 Å². The Kier molecular flexibility index (Phi) is 7.38. The van der Waals surface area contributed by atoms with Gasteiger partial charge in [-0.2, -0.15) is 0 Å². The van der Waals surface area contributed by atoms with Gasteiger partial charge in [0.1, 0.15) is 24.9 Å². The molecule has 0 unspecified atom stereocenters. The van der Waals surface area contributed by atoms with Crippen molar-refractivity contribution >= 4 is 46.5 Å². The second-order valence-corrected chi connectivity index (χ2v) is 5.62. The first kappa shape index (κ1) is 17.8. The van der Waals surface area contributed by atoms with Gasteiger partial charge in [0.05, 0.1) is 0 Å². The van der Waals surface area contributed by atoms with E-state index < -0.39 is 46.9 Å². The molecule has 0 heterocycles. The summed E-state index contributed by atoms with van der Waals surface area (Å²) in [7, 11) is 0. The molecule has 0 fully saturated rings. The zero-order valence-corrected chi connectivity index (χ0v) is 11.2. The van der Waals surface area contributed by atoms with E-state index in [9.17, 15) is 24.9 Å². The molecule has 0 aliphatic heterocycles. The van der Waals surface area contributed by atoms with Crippen LogP contribution in [-0.4, -0.2) is 67.4 Å². The van der Waals surface area contributed by atoms with Gasteiger partial charge in [-0.05, 0) is 0 Å². The Labute approximate surface area is 117 Å². The van der Waals surface area contributed by atoms with Gasteiger partial charge in [0.2, 0.25) is 0 Å². The number of nitrogens with one attached hydrogen (secondary N) is 1. The van der Waals surface area contributed by atoms with Crippen molar-refractivity contribution in [3.05, 3.63) is 0 Å². The number of aliphatic hydroxyl groups is 4. The van der Waals surface area contributed by atoms with Gasteiger partial charge in [0.25, 0.3) is 9.70 Å². The minimum atomic E-state index is -2.23. The lowest BCUT2D eigenvalue weighted by Crippen LogP contribution is -2.49. The van der Waals surface area contributed by atoms with E-state index in [2.05, 4.69) is 0 Å². The maximum Gasteiger partial charge on any atom is 0.272 e. The molecule has 0 aromatic rings. The number of hydrogen-bond donors (Lipinski definition) is 5. The molecule has 0 aromatic carbocycles. The standard InChI is InChI=1S/C8H12Cl3NO6/c9-8(10,11)7(18)12-1-3(14)5(16)6(17)4(15)2-13/h3,5-6,13-14,16-17H,1-2H2,(H,12,18)/t3-,5+,6+/m0/s1. The molecule has 18 heavy (non-hydrogen) atoms. The molecule has 0 aliphatic rings. The fourth-order valence-corrected chi connectivity index (χ4v) is 1.11. The number of carbonyl (C=O) groups is 2. The van der Waals surface area contributed by atoms with Crippen molar-refractivity contribution in [3.8, 4) is 0 Å². The fraction of sp³-hybridized carbons (Fsp3) is 0.750. The molecule has 0 spiro atoms. The van der Waals surface area contributed by atoms with E-state index >= 15 is 0 Å². The third kappa shape index (κ3) is 5.66. The van der Waals surface area contributed by atoms with Gasteiger partial charge in [-0.25, -0.2) is 0 Å². The molecule has 0 saturated carbocycles. The summed E-state index contributed by atoms with van der Waals surface area (Å²) in [6.07, 6.45) is -5.54. The molecule has 0 bridgehead atoms. The van der Waals surface area contributed by atoms with Gasteiger partial charge in [0, 0.05) is 6.54 Å². The predicted octanol–water partition coefficient (Wildman–Crippen LogP) is -1.88. The number of Topliss-reactive ketones (excluding diaryl/α,β-unsaturated/α-hetero) is 1. The van der Waals surface area contributed by atoms with Crippen LogP contribution in [-0.2, 0) is 9.59 Å². The molecular weight excluding hydrogens is 312 g/mol. The van der Waals surface area contributed by atoms with Crippen LogP contribution in [0.3, 0.4) is 0 Å². The highest BCUT2D eigenvalue weighted by Gasteiger charge is 2.33. The third-order valence-electron chi connectivity index (χ3n) is 1.93. The second kappa shape index (κ2) is 7.44. The van der Waals surface area contributed by atoms with Gasteiger partial charge >= 0.3 is 0 Å². The van der Waals surface area contributed by atoms with E-state index in [4.69, 9.17) is 39.9 Å². The van der Waals surface area contributed by atoms with Crippen LogP contribution in [0.4, 0.5) is 0 Å². The van der Waals surface area contributed by atoms with Crippen LogP contribution in [0.5, 0.6) is 0 Å². The van der Waals surface area contributed by atoms with Crippen LogP contribution < -0.4 is 5.32 Å². The predicted molar refractivity (Wildman–Crippen MR) is 63.4 cm³/mol. The van der Waals surface area contributed by atoms with Gasteiger partial charge in [0.15, 0.2) is 5.78 Å². The monoisotopic (exact) mass is 323 g/mol. The second-order valence-electron chi connectivity index (χ2n) is 3.33. The van der Waals surface area contributed by atoms with Gasteiger partial charge < -0.3 is 25.7 Å². The van der Waals surface area contributed by atoms with E-state index in [1.54, 1.807) is 0 Å². The molecule has 5 N–H and O–H groups in total. The molecule has 0 radical (unpaired) electrons. The number of amides is 1. The number of aliphatic hydroxyl groups excluding tert-OH is 4. The van der Waals surface area contributed by atoms with Crippen LogP contribution in [0, 0.1) is 0 Å². The Hall–Kier alpha value is -0.150. The number of rotatable bonds is 6. The number of hydrogen-bond acceptors (Lipinski definition) is 6. The number of ketones is 1. The van der Waals surface area contributed by atoms with Gasteiger partial charge in [-0.1, -0.05) is 34.8 Å². The van der Waals surface area contributed by atoms with Gasteiger partial charge in [-0.15, -0.1) is 0 Å². The lowest BCUT2D eigenvalue weighted by Gasteiger charge is -2.22. The summed E-state index contributed by atoms with van der Waals surface area (Å²) in [6.45, 7) is -1.55. The SMILES string of the molecule is O=C(CO)[C@@H](O)[C@H](O)[C@@H](O)CNC(=O)C(Cl)(Cl)Cl. The summed E-state index contributed by atoms with van der Waals surface area (Å²) in [5.41, 5.74) is 0. The smallest absolute Gasteiger partial charge is 0.272 e. The zero-order valence-electron chi connectivity index (χ0n) is 8.89. The number of carbonyl (C=O) groups excluding carboxylic acids is 2. The first-order chi connectivity index (χ1) is 8.11. The van der Waals surface area contributed by atoms with E-state index in [-0.39, 0.29) is 0 Å². The van der Waals surface area contributed by atoms with Crippen LogP contribution in [0.25, 0.3) is 0 Å². The normalized spacial score (nSPS) is 16.8. The van der Waals surface area contributed by atoms with E-state index in [0.717, 1.165) is 0 Å². The highest BCUT2D eigenvalue weighted by atomic mass is 35.6. The third-order valence-corrected chi connectivity index (χ3v) is 2.45. The highest BCUT2D eigenvalue weighted by Crippen LogP contribution is 2.25. The first-order valence-electron chi connectivity index (χ1n) is 4.64. The maximum absolute atomic E-state index is 11.1. The molecule has 106 valence electrons. The van der Waals surface area contributed by atoms with Crippen molar-refractivity contribution in [2.75, 3.05) is 13.2 Å². The van der Waals surface area contributed by atoms with Crippen molar-refractivity contribution < 1.29 is 30.0 Å². The molecule has 7 nitrogen and oxygen atoms in total. The van der Waals surface area contributed by atoms with Crippen LogP contribution in [0.1, 0.15) is 0 Å². The van der Waals surface area contributed by atoms with Gasteiger partial charge in [-0.3, -0.25) is 9.59 Å². The largest absolute Gasteiger partial charge is 0.388 e. The van der Waals surface area contributed by atoms with Crippen LogP contribution in [0.2, 0.25) is 0 Å². The molecule has 10 heteroatoms. The van der Waals surface area contributed by atoms with E-state index in [1.165, 1.54) is 0 Å². The maximum atomic E-state index is 11.1. The first-order valence-corrected chi connectivity index (χ1v) is 5.77. The summed E-state index contributed by atoms with van der Waals surface area (Å²) in [5, 5.41) is 38.3. The minimum Gasteiger partial charge on any atom is -0.388 e. The van der Waals surface area contributed by atoms with Crippen molar-refractivity contribution in [1.29, 1.82) is 0 Å².